The molecule has 0 N–H and O–H groups in total. The molecule has 3 aromatic carbocycles. The molecule has 2 aliphatic heterocycles. The summed E-state index contributed by atoms with van der Waals surface area (Å²) in [6, 6.07) is 18.6. The Morgan fingerprint density at radius 3 is 2.41 bits per heavy atom. The first-order valence-electron chi connectivity index (χ1n) is 12.3. The van der Waals surface area contributed by atoms with Crippen LogP contribution >= 0.6 is 11.8 Å². The highest BCUT2D eigenvalue weighted by Gasteiger charge is 2.26. The first-order valence-corrected chi connectivity index (χ1v) is 13.2. The minimum absolute atomic E-state index is 0.346. The number of allylic oxidation sites excluding steroid dienone is 1. The highest BCUT2D eigenvalue weighted by atomic mass is 32.2. The summed E-state index contributed by atoms with van der Waals surface area (Å²) in [5.74, 6) is 3.93. The van der Waals surface area contributed by atoms with Gasteiger partial charge in [0, 0.05) is 22.7 Å². The first-order chi connectivity index (χ1) is 16.7. The van der Waals surface area contributed by atoms with E-state index in [0.29, 0.717) is 11.2 Å². The third kappa shape index (κ3) is 5.21. The van der Waals surface area contributed by atoms with Crippen LogP contribution in [-0.4, -0.2) is 38.3 Å². The smallest absolute Gasteiger partial charge is 0.139 e. The second kappa shape index (κ2) is 10.7. The van der Waals surface area contributed by atoms with Crippen molar-refractivity contribution in [2.24, 2.45) is 5.92 Å². The molecular formula is C29H33NO3S. The van der Waals surface area contributed by atoms with Crippen LogP contribution in [-0.2, 0) is 0 Å². The summed E-state index contributed by atoms with van der Waals surface area (Å²) >= 11 is 1.86. The predicted octanol–water partition coefficient (Wildman–Crippen LogP) is 7.44. The SMILES string of the molecule is COc1ccc2c(Oc3ccc(OCCN4CCCCC4)cc3)c(C3SC=CC3C)ccc2c1. The van der Waals surface area contributed by atoms with E-state index in [1.807, 2.05) is 42.1 Å². The van der Waals surface area contributed by atoms with E-state index in [-0.39, 0.29) is 0 Å². The second-order valence-electron chi connectivity index (χ2n) is 9.14. The van der Waals surface area contributed by atoms with E-state index in [2.05, 4.69) is 47.6 Å². The summed E-state index contributed by atoms with van der Waals surface area (Å²) in [7, 11) is 1.70. The van der Waals surface area contributed by atoms with Crippen LogP contribution in [0.3, 0.4) is 0 Å². The maximum atomic E-state index is 6.57. The van der Waals surface area contributed by atoms with Gasteiger partial charge in [-0.15, -0.1) is 11.8 Å². The maximum Gasteiger partial charge on any atom is 0.139 e. The van der Waals surface area contributed by atoms with Crippen LogP contribution in [0, 0.1) is 5.92 Å². The Labute approximate surface area is 206 Å². The Morgan fingerprint density at radius 1 is 0.912 bits per heavy atom. The minimum atomic E-state index is 0.346. The largest absolute Gasteiger partial charge is 0.497 e. The van der Waals surface area contributed by atoms with Gasteiger partial charge in [-0.2, -0.15) is 0 Å². The zero-order chi connectivity index (χ0) is 23.3. The fourth-order valence-corrected chi connectivity index (χ4v) is 5.97. The second-order valence-corrected chi connectivity index (χ2v) is 10.2. The molecule has 5 rings (SSSR count). The molecule has 0 aliphatic carbocycles. The standard InChI is InChI=1S/C29H33NO3S/c1-21-14-19-34-29(21)27-12-6-22-20-25(31-2)11-13-26(22)28(27)33-24-9-7-23(8-10-24)32-18-17-30-15-4-3-5-16-30/h6-14,19-21,29H,3-5,15-18H2,1-2H3. The lowest BCUT2D eigenvalue weighted by Gasteiger charge is -2.26. The maximum absolute atomic E-state index is 6.57. The van der Waals surface area contributed by atoms with Gasteiger partial charge in [0.15, 0.2) is 0 Å². The van der Waals surface area contributed by atoms with E-state index in [0.717, 1.165) is 46.9 Å². The molecule has 0 aromatic heterocycles. The zero-order valence-corrected chi connectivity index (χ0v) is 20.9. The molecule has 2 unspecified atom stereocenters. The van der Waals surface area contributed by atoms with Gasteiger partial charge in [-0.25, -0.2) is 0 Å². The van der Waals surface area contributed by atoms with Crippen molar-refractivity contribution < 1.29 is 14.2 Å². The topological polar surface area (TPSA) is 30.9 Å². The number of hydrogen-bond acceptors (Lipinski definition) is 5. The number of hydrogen-bond donors (Lipinski definition) is 0. The number of rotatable bonds is 8. The van der Waals surface area contributed by atoms with Gasteiger partial charge in [-0.1, -0.05) is 31.6 Å². The summed E-state index contributed by atoms with van der Waals surface area (Å²) in [6.07, 6.45) is 6.25. The van der Waals surface area contributed by atoms with Gasteiger partial charge >= 0.3 is 0 Å². The van der Waals surface area contributed by atoms with E-state index in [9.17, 15) is 0 Å². The summed E-state index contributed by atoms with van der Waals surface area (Å²) in [4.78, 5) is 2.49. The molecule has 2 heterocycles. The predicted molar refractivity (Wildman–Crippen MR) is 141 cm³/mol. The molecule has 3 aromatic rings. The number of benzene rings is 3. The molecule has 4 nitrogen and oxygen atoms in total. The van der Waals surface area contributed by atoms with Crippen LogP contribution in [0.2, 0.25) is 0 Å². The van der Waals surface area contributed by atoms with Gasteiger partial charge in [0.25, 0.3) is 0 Å². The van der Waals surface area contributed by atoms with Crippen LogP contribution < -0.4 is 14.2 Å². The Balaban J connectivity index is 1.34. The first kappa shape index (κ1) is 23.1. The van der Waals surface area contributed by atoms with Crippen LogP contribution in [0.4, 0.5) is 0 Å². The summed E-state index contributed by atoms with van der Waals surface area (Å²) in [5.41, 5.74) is 1.22. The number of thioether (sulfide) groups is 1. The Bertz CT molecular complexity index is 1140. The quantitative estimate of drug-likeness (QED) is 0.338. The van der Waals surface area contributed by atoms with Crippen LogP contribution in [0.5, 0.6) is 23.0 Å². The van der Waals surface area contributed by atoms with Gasteiger partial charge in [-0.3, -0.25) is 4.90 Å². The van der Waals surface area contributed by atoms with Crippen molar-refractivity contribution in [3.8, 4) is 23.0 Å². The summed E-state index contributed by atoms with van der Waals surface area (Å²) in [6.45, 7) is 6.37. The highest BCUT2D eigenvalue weighted by Crippen LogP contribution is 2.49. The lowest BCUT2D eigenvalue weighted by Crippen LogP contribution is -2.33. The number of methoxy groups -OCH3 is 1. The molecule has 178 valence electrons. The van der Waals surface area contributed by atoms with Crippen LogP contribution in [0.1, 0.15) is 37.0 Å². The van der Waals surface area contributed by atoms with Crippen molar-refractivity contribution in [3.05, 3.63) is 71.6 Å². The molecule has 5 heteroatoms. The van der Waals surface area contributed by atoms with Gasteiger partial charge in [0.1, 0.15) is 29.6 Å². The number of fused-ring (bicyclic) bond motifs is 1. The molecule has 1 saturated heterocycles. The molecule has 0 spiro atoms. The van der Waals surface area contributed by atoms with E-state index >= 15 is 0 Å². The van der Waals surface area contributed by atoms with Crippen molar-refractivity contribution in [1.29, 1.82) is 0 Å². The van der Waals surface area contributed by atoms with Crippen molar-refractivity contribution in [2.75, 3.05) is 33.4 Å². The van der Waals surface area contributed by atoms with E-state index in [1.165, 1.54) is 37.9 Å². The molecule has 1 fully saturated rings. The number of piperidine rings is 1. The molecule has 0 bridgehead atoms. The lowest BCUT2D eigenvalue weighted by atomic mass is 9.96. The normalized spacial score (nSPS) is 20.5. The van der Waals surface area contributed by atoms with Crippen molar-refractivity contribution in [2.45, 2.75) is 31.4 Å². The molecule has 0 saturated carbocycles. The summed E-state index contributed by atoms with van der Waals surface area (Å²) < 4.78 is 18.0. The molecule has 0 radical (unpaired) electrons. The van der Waals surface area contributed by atoms with Crippen molar-refractivity contribution >= 4 is 22.5 Å². The number of likely N-dealkylation sites (tertiary alicyclic amines) is 1. The van der Waals surface area contributed by atoms with Crippen LogP contribution in [0.15, 0.2) is 66.1 Å². The lowest BCUT2D eigenvalue weighted by molar-refractivity contribution is 0.183. The van der Waals surface area contributed by atoms with Crippen molar-refractivity contribution in [3.63, 3.8) is 0 Å². The summed E-state index contributed by atoms with van der Waals surface area (Å²) in [5, 5.41) is 4.76. The highest BCUT2D eigenvalue weighted by molar-refractivity contribution is 8.02. The van der Waals surface area contributed by atoms with E-state index in [1.54, 1.807) is 7.11 Å². The number of ether oxygens (including phenoxy) is 3. The monoisotopic (exact) mass is 475 g/mol. The van der Waals surface area contributed by atoms with E-state index < -0.39 is 0 Å². The van der Waals surface area contributed by atoms with Gasteiger partial charge in [0.05, 0.1) is 7.11 Å². The van der Waals surface area contributed by atoms with Gasteiger partial charge in [0.2, 0.25) is 0 Å². The van der Waals surface area contributed by atoms with Crippen LogP contribution in [0.25, 0.3) is 10.8 Å². The van der Waals surface area contributed by atoms with Crippen molar-refractivity contribution in [1.82, 2.24) is 4.90 Å². The Kier molecular flexibility index (Phi) is 7.31. The molecule has 2 atom stereocenters. The molecular weight excluding hydrogens is 442 g/mol. The molecule has 0 amide bonds. The third-order valence-electron chi connectivity index (χ3n) is 6.77. The average molecular weight is 476 g/mol. The molecule has 2 aliphatic rings. The Hall–Kier alpha value is -2.63. The average Bonchev–Trinajstić information content (AvgIpc) is 3.31. The third-order valence-corrected chi connectivity index (χ3v) is 8.06. The Morgan fingerprint density at radius 2 is 1.68 bits per heavy atom. The van der Waals surface area contributed by atoms with Gasteiger partial charge < -0.3 is 14.2 Å². The fourth-order valence-electron chi connectivity index (χ4n) is 4.79. The zero-order valence-electron chi connectivity index (χ0n) is 20.0. The fraction of sp³-hybridized carbons (Fsp3) is 0.379. The van der Waals surface area contributed by atoms with Gasteiger partial charge in [-0.05, 0) is 85.1 Å². The van der Waals surface area contributed by atoms with E-state index in [4.69, 9.17) is 14.2 Å². The molecule has 34 heavy (non-hydrogen) atoms. The number of nitrogens with zero attached hydrogens (tertiary/aromatic N) is 1. The minimum Gasteiger partial charge on any atom is -0.497 e.